The molecule has 1 aliphatic heterocycles. The fourth-order valence-corrected chi connectivity index (χ4v) is 2.47. The number of hydrogen-bond donors (Lipinski definition) is 2. The fraction of sp³-hybridized carbons (Fsp3) is 0.462. The minimum atomic E-state index is -0.173. The highest BCUT2D eigenvalue weighted by Gasteiger charge is 2.32. The van der Waals surface area contributed by atoms with Crippen LogP contribution in [0.4, 0.5) is 5.69 Å². The van der Waals surface area contributed by atoms with Crippen LogP contribution in [0.15, 0.2) is 23.4 Å². The predicted octanol–water partition coefficient (Wildman–Crippen LogP) is 2.05. The van der Waals surface area contributed by atoms with Crippen LogP contribution < -0.4 is 10.6 Å². The molecule has 1 aliphatic rings. The van der Waals surface area contributed by atoms with Crippen molar-refractivity contribution in [2.75, 3.05) is 24.7 Å². The lowest BCUT2D eigenvalue weighted by Crippen LogP contribution is -2.53. The molecule has 0 radical (unpaired) electrons. The van der Waals surface area contributed by atoms with Crippen LogP contribution in [0, 0.1) is 0 Å². The van der Waals surface area contributed by atoms with E-state index in [2.05, 4.69) is 23.9 Å². The molecule has 0 aliphatic carbocycles. The SMILES string of the molecule is CC1(C)COCCN1c1cc(Cl)ccc1C(N)=NO. The number of ether oxygens (including phenoxy) is 1. The normalized spacial score (nSPS) is 19.5. The van der Waals surface area contributed by atoms with Gasteiger partial charge in [-0.1, -0.05) is 16.8 Å². The third-order valence-electron chi connectivity index (χ3n) is 3.28. The van der Waals surface area contributed by atoms with E-state index in [9.17, 15) is 0 Å². The largest absolute Gasteiger partial charge is 0.409 e. The van der Waals surface area contributed by atoms with Gasteiger partial charge in [-0.2, -0.15) is 0 Å². The Balaban J connectivity index is 2.50. The lowest BCUT2D eigenvalue weighted by molar-refractivity contribution is 0.0644. The number of nitrogens with two attached hydrogens (primary N) is 1. The lowest BCUT2D eigenvalue weighted by atomic mass is 9.99. The number of hydrogen-bond acceptors (Lipinski definition) is 4. The van der Waals surface area contributed by atoms with E-state index in [-0.39, 0.29) is 11.4 Å². The molecule has 1 aromatic carbocycles. The molecule has 0 amide bonds. The molecule has 1 saturated heterocycles. The van der Waals surface area contributed by atoms with E-state index in [1.54, 1.807) is 12.1 Å². The zero-order chi connectivity index (χ0) is 14.0. The number of benzene rings is 1. The van der Waals surface area contributed by atoms with Crippen molar-refractivity contribution in [2.45, 2.75) is 19.4 Å². The number of amidine groups is 1. The highest BCUT2D eigenvalue weighted by Crippen LogP contribution is 2.32. The first kappa shape index (κ1) is 14.0. The van der Waals surface area contributed by atoms with Crippen molar-refractivity contribution >= 4 is 23.1 Å². The van der Waals surface area contributed by atoms with Crippen molar-refractivity contribution in [3.05, 3.63) is 28.8 Å². The smallest absolute Gasteiger partial charge is 0.172 e. The maximum absolute atomic E-state index is 8.90. The molecule has 6 heteroatoms. The molecular formula is C13H18ClN3O2. The average Bonchev–Trinajstić information content (AvgIpc) is 2.37. The van der Waals surface area contributed by atoms with Gasteiger partial charge in [0.25, 0.3) is 0 Å². The van der Waals surface area contributed by atoms with E-state index in [0.29, 0.717) is 23.8 Å². The summed E-state index contributed by atoms with van der Waals surface area (Å²) in [7, 11) is 0. The van der Waals surface area contributed by atoms with E-state index in [1.165, 1.54) is 0 Å². The molecule has 0 aromatic heterocycles. The van der Waals surface area contributed by atoms with Crippen LogP contribution in [0.1, 0.15) is 19.4 Å². The first-order valence-corrected chi connectivity index (χ1v) is 6.46. The monoisotopic (exact) mass is 283 g/mol. The summed E-state index contributed by atoms with van der Waals surface area (Å²) in [4.78, 5) is 2.18. The molecule has 3 N–H and O–H groups in total. The molecule has 1 heterocycles. The standard InChI is InChI=1S/C13H18ClN3O2/c1-13(2)8-19-6-5-17(13)11-7-9(14)3-4-10(11)12(15)16-18/h3-4,7,18H,5-6,8H2,1-2H3,(H2,15,16). The fourth-order valence-electron chi connectivity index (χ4n) is 2.30. The summed E-state index contributed by atoms with van der Waals surface area (Å²) in [5.74, 6) is 0.0777. The van der Waals surface area contributed by atoms with E-state index >= 15 is 0 Å². The summed E-state index contributed by atoms with van der Waals surface area (Å²) in [5, 5.41) is 12.6. The maximum atomic E-state index is 8.90. The summed E-state index contributed by atoms with van der Waals surface area (Å²) in [6.45, 7) is 6.17. The van der Waals surface area contributed by atoms with Crippen molar-refractivity contribution in [3.63, 3.8) is 0 Å². The molecule has 0 atom stereocenters. The highest BCUT2D eigenvalue weighted by molar-refractivity contribution is 6.31. The Hall–Kier alpha value is -1.46. The van der Waals surface area contributed by atoms with Gasteiger partial charge in [0, 0.05) is 22.8 Å². The summed E-state index contributed by atoms with van der Waals surface area (Å²) >= 11 is 6.08. The Morgan fingerprint density at radius 1 is 1.53 bits per heavy atom. The van der Waals surface area contributed by atoms with Crippen LogP contribution in [-0.2, 0) is 4.74 Å². The van der Waals surface area contributed by atoms with E-state index in [4.69, 9.17) is 27.3 Å². The highest BCUT2D eigenvalue weighted by atomic mass is 35.5. The molecule has 0 unspecified atom stereocenters. The van der Waals surface area contributed by atoms with Crippen molar-refractivity contribution in [1.29, 1.82) is 0 Å². The third kappa shape index (κ3) is 2.77. The molecule has 5 nitrogen and oxygen atoms in total. The second-order valence-corrected chi connectivity index (χ2v) is 5.60. The summed E-state index contributed by atoms with van der Waals surface area (Å²) in [6, 6.07) is 5.33. The minimum Gasteiger partial charge on any atom is -0.409 e. The van der Waals surface area contributed by atoms with Gasteiger partial charge in [0.05, 0.1) is 18.8 Å². The van der Waals surface area contributed by atoms with E-state index in [1.807, 2.05) is 6.07 Å². The third-order valence-corrected chi connectivity index (χ3v) is 3.51. The summed E-state index contributed by atoms with van der Waals surface area (Å²) in [6.07, 6.45) is 0. The molecule has 104 valence electrons. The second-order valence-electron chi connectivity index (χ2n) is 5.16. The minimum absolute atomic E-state index is 0.0777. The zero-order valence-corrected chi connectivity index (χ0v) is 11.8. The number of oxime groups is 1. The number of morpholine rings is 1. The number of nitrogens with zero attached hydrogens (tertiary/aromatic N) is 2. The van der Waals surface area contributed by atoms with Gasteiger partial charge in [0.15, 0.2) is 5.84 Å². The Morgan fingerprint density at radius 3 is 2.89 bits per heavy atom. The van der Waals surface area contributed by atoms with Crippen LogP contribution in [-0.4, -0.2) is 36.3 Å². The molecular weight excluding hydrogens is 266 g/mol. The van der Waals surface area contributed by atoms with Crippen molar-refractivity contribution in [3.8, 4) is 0 Å². The van der Waals surface area contributed by atoms with Gasteiger partial charge in [-0.15, -0.1) is 0 Å². The lowest BCUT2D eigenvalue weighted by Gasteiger charge is -2.44. The van der Waals surface area contributed by atoms with Gasteiger partial charge in [-0.25, -0.2) is 0 Å². The molecule has 1 aromatic rings. The van der Waals surface area contributed by atoms with Crippen molar-refractivity contribution in [1.82, 2.24) is 0 Å². The van der Waals surface area contributed by atoms with Crippen LogP contribution in [0.2, 0.25) is 5.02 Å². The van der Waals surface area contributed by atoms with Crippen LogP contribution >= 0.6 is 11.6 Å². The topological polar surface area (TPSA) is 71.1 Å². The Morgan fingerprint density at radius 2 is 2.26 bits per heavy atom. The Labute approximate surface area is 117 Å². The first-order chi connectivity index (χ1) is 8.95. The van der Waals surface area contributed by atoms with Gasteiger partial charge in [-0.3, -0.25) is 0 Å². The van der Waals surface area contributed by atoms with Gasteiger partial charge < -0.3 is 20.6 Å². The molecule has 2 rings (SSSR count). The number of anilines is 1. The van der Waals surface area contributed by atoms with E-state index in [0.717, 1.165) is 12.2 Å². The van der Waals surface area contributed by atoms with E-state index < -0.39 is 0 Å². The average molecular weight is 284 g/mol. The van der Waals surface area contributed by atoms with Crippen LogP contribution in [0.25, 0.3) is 0 Å². The second kappa shape index (κ2) is 5.27. The van der Waals surface area contributed by atoms with Crippen molar-refractivity contribution in [2.24, 2.45) is 10.9 Å². The van der Waals surface area contributed by atoms with Crippen LogP contribution in [0.3, 0.4) is 0 Å². The molecule has 1 fully saturated rings. The number of rotatable bonds is 2. The van der Waals surface area contributed by atoms with Gasteiger partial charge >= 0.3 is 0 Å². The molecule has 19 heavy (non-hydrogen) atoms. The van der Waals surface area contributed by atoms with Gasteiger partial charge in [0.1, 0.15) is 0 Å². The molecule has 0 spiro atoms. The van der Waals surface area contributed by atoms with Gasteiger partial charge in [-0.05, 0) is 32.0 Å². The first-order valence-electron chi connectivity index (χ1n) is 6.08. The predicted molar refractivity (Wildman–Crippen MR) is 76.2 cm³/mol. The number of halogens is 1. The quantitative estimate of drug-likeness (QED) is 0.377. The Bertz CT molecular complexity index is 503. The molecule has 0 saturated carbocycles. The maximum Gasteiger partial charge on any atom is 0.172 e. The Kier molecular flexibility index (Phi) is 3.87. The van der Waals surface area contributed by atoms with Crippen LogP contribution in [0.5, 0.6) is 0 Å². The van der Waals surface area contributed by atoms with Crippen molar-refractivity contribution < 1.29 is 9.94 Å². The summed E-state index contributed by atoms with van der Waals surface area (Å²) < 4.78 is 5.51. The zero-order valence-electron chi connectivity index (χ0n) is 11.1. The summed E-state index contributed by atoms with van der Waals surface area (Å²) in [5.41, 5.74) is 7.09. The molecule has 0 bridgehead atoms. The van der Waals surface area contributed by atoms with Gasteiger partial charge in [0.2, 0.25) is 0 Å².